The van der Waals surface area contributed by atoms with Crippen molar-refractivity contribution in [1.82, 2.24) is 4.98 Å². The zero-order chi connectivity index (χ0) is 20.3. The lowest BCUT2D eigenvalue weighted by Crippen LogP contribution is -2.12. The van der Waals surface area contributed by atoms with Crippen LogP contribution in [-0.4, -0.2) is 16.1 Å². The second-order valence-corrected chi connectivity index (χ2v) is 6.11. The summed E-state index contributed by atoms with van der Waals surface area (Å²) in [6, 6.07) is 1.15. The quantitative estimate of drug-likeness (QED) is 0.663. The SMILES string of the molecule is CC.Cc1nc(Cc2cc(C(F)(F)F)cc(C(F)(F)F)c2)c(C(=O)O)s1. The van der Waals surface area contributed by atoms with Crippen LogP contribution in [0.4, 0.5) is 26.3 Å². The standard InChI is InChI=1S/C14H9F6NO2S.C2H6/c1-6-21-10(11(24-6)12(22)23)4-7-2-8(13(15,16)17)5-9(3-7)14(18,19)20;1-2/h2-3,5H,4H2,1H3,(H,22,23);1-2H3. The molecule has 0 aliphatic rings. The molecule has 0 spiro atoms. The number of carbonyl (C=O) groups is 1. The lowest BCUT2D eigenvalue weighted by atomic mass is 10.0. The van der Waals surface area contributed by atoms with E-state index in [1.54, 1.807) is 0 Å². The Bertz CT molecular complexity index is 748. The minimum atomic E-state index is -4.95. The lowest BCUT2D eigenvalue weighted by Gasteiger charge is -2.14. The van der Waals surface area contributed by atoms with Crippen molar-refractivity contribution in [2.45, 2.75) is 39.5 Å². The fourth-order valence-electron chi connectivity index (χ4n) is 2.07. The second kappa shape index (κ2) is 8.07. The molecular weight excluding hydrogens is 384 g/mol. The third kappa shape index (κ3) is 5.45. The topological polar surface area (TPSA) is 50.2 Å². The predicted molar refractivity (Wildman–Crippen MR) is 84.4 cm³/mol. The van der Waals surface area contributed by atoms with Crippen molar-refractivity contribution in [2.24, 2.45) is 0 Å². The first-order valence-corrected chi connectivity index (χ1v) is 8.17. The third-order valence-corrected chi connectivity index (χ3v) is 4.02. The van der Waals surface area contributed by atoms with Gasteiger partial charge in [0.25, 0.3) is 0 Å². The Kier molecular flexibility index (Phi) is 6.81. The monoisotopic (exact) mass is 399 g/mol. The molecule has 2 aromatic rings. The van der Waals surface area contributed by atoms with Crippen LogP contribution >= 0.6 is 11.3 Å². The molecule has 0 radical (unpaired) electrons. The molecule has 10 heteroatoms. The van der Waals surface area contributed by atoms with Crippen molar-refractivity contribution < 1.29 is 36.2 Å². The minimum Gasteiger partial charge on any atom is -0.477 e. The molecule has 1 N–H and O–H groups in total. The summed E-state index contributed by atoms with van der Waals surface area (Å²) in [6.07, 6.45) is -10.4. The number of aryl methyl sites for hydroxylation is 1. The fourth-order valence-corrected chi connectivity index (χ4v) is 2.85. The summed E-state index contributed by atoms with van der Waals surface area (Å²) in [5.41, 5.74) is -3.28. The van der Waals surface area contributed by atoms with Crippen LogP contribution in [0, 0.1) is 6.92 Å². The largest absolute Gasteiger partial charge is 0.477 e. The zero-order valence-corrected chi connectivity index (χ0v) is 14.7. The highest BCUT2D eigenvalue weighted by molar-refractivity contribution is 7.13. The molecule has 144 valence electrons. The van der Waals surface area contributed by atoms with E-state index in [1.807, 2.05) is 13.8 Å². The number of hydrogen-bond donors (Lipinski definition) is 1. The molecule has 2 rings (SSSR count). The maximum Gasteiger partial charge on any atom is 0.416 e. The number of nitrogens with zero attached hydrogens (tertiary/aromatic N) is 1. The minimum absolute atomic E-state index is 0.0217. The zero-order valence-electron chi connectivity index (χ0n) is 13.9. The van der Waals surface area contributed by atoms with E-state index in [0.29, 0.717) is 17.1 Å². The van der Waals surface area contributed by atoms with Gasteiger partial charge in [0.15, 0.2) is 0 Å². The first kappa shape index (κ1) is 21.9. The Balaban J connectivity index is 0.00000163. The highest BCUT2D eigenvalue weighted by Crippen LogP contribution is 2.37. The van der Waals surface area contributed by atoms with Gasteiger partial charge in [-0.2, -0.15) is 26.3 Å². The summed E-state index contributed by atoms with van der Waals surface area (Å²) in [5, 5.41) is 9.39. The maximum absolute atomic E-state index is 12.8. The van der Waals surface area contributed by atoms with E-state index in [1.165, 1.54) is 6.92 Å². The normalized spacial score (nSPS) is 11.7. The third-order valence-electron chi connectivity index (χ3n) is 3.02. The highest BCUT2D eigenvalue weighted by Gasteiger charge is 2.37. The molecule has 0 bridgehead atoms. The number of thiazole rings is 1. The van der Waals surface area contributed by atoms with Crippen molar-refractivity contribution in [2.75, 3.05) is 0 Å². The first-order chi connectivity index (χ1) is 11.9. The van der Waals surface area contributed by atoms with Crippen LogP contribution in [0.5, 0.6) is 0 Å². The number of halogens is 6. The molecule has 1 aromatic carbocycles. The van der Waals surface area contributed by atoms with Crippen LogP contribution in [0.2, 0.25) is 0 Å². The van der Waals surface area contributed by atoms with E-state index in [0.717, 1.165) is 11.3 Å². The van der Waals surface area contributed by atoms with Gasteiger partial charge in [0.2, 0.25) is 0 Å². The van der Waals surface area contributed by atoms with Gasteiger partial charge in [0, 0.05) is 6.42 Å². The number of rotatable bonds is 3. The number of hydrogen-bond acceptors (Lipinski definition) is 3. The van der Waals surface area contributed by atoms with Crippen LogP contribution in [0.1, 0.15) is 50.9 Å². The molecule has 1 heterocycles. The van der Waals surface area contributed by atoms with Gasteiger partial charge in [-0.05, 0) is 30.7 Å². The van der Waals surface area contributed by atoms with Gasteiger partial charge >= 0.3 is 18.3 Å². The van der Waals surface area contributed by atoms with Crippen molar-refractivity contribution >= 4 is 17.3 Å². The van der Waals surface area contributed by atoms with E-state index in [-0.39, 0.29) is 22.2 Å². The van der Waals surface area contributed by atoms with Crippen molar-refractivity contribution in [3.8, 4) is 0 Å². The average molecular weight is 399 g/mol. The maximum atomic E-state index is 12.8. The number of benzene rings is 1. The van der Waals surface area contributed by atoms with Gasteiger partial charge in [-0.15, -0.1) is 11.3 Å². The van der Waals surface area contributed by atoms with Crippen LogP contribution in [0.25, 0.3) is 0 Å². The summed E-state index contributed by atoms with van der Waals surface area (Å²) in [7, 11) is 0. The van der Waals surface area contributed by atoms with E-state index < -0.39 is 35.9 Å². The molecular formula is C16H15F6NO2S. The molecule has 0 aliphatic heterocycles. The number of carboxylic acid groups (broad SMARTS) is 1. The van der Waals surface area contributed by atoms with E-state index in [4.69, 9.17) is 5.11 Å². The molecule has 0 aliphatic carbocycles. The molecule has 1 aromatic heterocycles. The van der Waals surface area contributed by atoms with Gasteiger partial charge in [0.1, 0.15) is 4.88 Å². The Morgan fingerprint density at radius 2 is 1.50 bits per heavy atom. The van der Waals surface area contributed by atoms with Gasteiger partial charge in [0.05, 0.1) is 21.8 Å². The van der Waals surface area contributed by atoms with Gasteiger partial charge < -0.3 is 5.11 Å². The van der Waals surface area contributed by atoms with E-state index in [2.05, 4.69) is 4.98 Å². The Labute approximate surface area is 149 Å². The number of alkyl halides is 6. The van der Waals surface area contributed by atoms with Gasteiger partial charge in [-0.25, -0.2) is 9.78 Å². The Hall–Kier alpha value is -2.10. The number of aromatic nitrogens is 1. The fraction of sp³-hybridized carbons (Fsp3) is 0.375. The Morgan fingerprint density at radius 3 is 1.88 bits per heavy atom. The molecule has 3 nitrogen and oxygen atoms in total. The van der Waals surface area contributed by atoms with Crippen molar-refractivity contribution in [1.29, 1.82) is 0 Å². The lowest BCUT2D eigenvalue weighted by molar-refractivity contribution is -0.143. The van der Waals surface area contributed by atoms with E-state index >= 15 is 0 Å². The molecule has 0 unspecified atom stereocenters. The molecule has 26 heavy (non-hydrogen) atoms. The van der Waals surface area contributed by atoms with Crippen LogP contribution in [0.3, 0.4) is 0 Å². The predicted octanol–water partition coefficient (Wildman–Crippen LogP) is 5.80. The molecule has 0 atom stereocenters. The van der Waals surface area contributed by atoms with Crippen molar-refractivity contribution in [3.63, 3.8) is 0 Å². The molecule has 0 saturated carbocycles. The van der Waals surface area contributed by atoms with E-state index in [9.17, 15) is 31.1 Å². The van der Waals surface area contributed by atoms with Crippen LogP contribution < -0.4 is 0 Å². The van der Waals surface area contributed by atoms with Crippen molar-refractivity contribution in [3.05, 3.63) is 50.5 Å². The Morgan fingerprint density at radius 1 is 1.04 bits per heavy atom. The number of aromatic carboxylic acids is 1. The van der Waals surface area contributed by atoms with Gasteiger partial charge in [-0.3, -0.25) is 0 Å². The summed E-state index contributed by atoms with van der Waals surface area (Å²) in [5.74, 6) is -1.33. The first-order valence-electron chi connectivity index (χ1n) is 7.36. The molecule has 0 amide bonds. The summed E-state index contributed by atoms with van der Waals surface area (Å²) in [4.78, 5) is 14.8. The average Bonchev–Trinajstić information content (AvgIpc) is 2.88. The number of carboxylic acids is 1. The summed E-state index contributed by atoms with van der Waals surface area (Å²) in [6.45, 7) is 5.49. The molecule has 0 fully saturated rings. The highest BCUT2D eigenvalue weighted by atomic mass is 32.1. The van der Waals surface area contributed by atoms with Gasteiger partial charge in [-0.1, -0.05) is 13.8 Å². The smallest absolute Gasteiger partial charge is 0.416 e. The van der Waals surface area contributed by atoms with Crippen LogP contribution in [0.15, 0.2) is 18.2 Å². The second-order valence-electron chi connectivity index (χ2n) is 4.90. The molecule has 0 saturated heterocycles. The van der Waals surface area contributed by atoms with Crippen LogP contribution in [-0.2, 0) is 18.8 Å². The summed E-state index contributed by atoms with van der Waals surface area (Å²) >= 11 is 0.806. The summed E-state index contributed by atoms with van der Waals surface area (Å²) < 4.78 is 76.9.